The molecule has 4 rings (SSSR count). The number of amides is 1. The van der Waals surface area contributed by atoms with Crippen LogP contribution in [0.15, 0.2) is 36.0 Å². The van der Waals surface area contributed by atoms with Gasteiger partial charge < -0.3 is 15.0 Å². The quantitative estimate of drug-likeness (QED) is 0.620. The average molecular weight is 432 g/mol. The van der Waals surface area contributed by atoms with Crippen molar-refractivity contribution in [3.05, 3.63) is 46.9 Å². The Kier molecular flexibility index (Phi) is 5.25. The number of fused-ring (bicyclic) bond motifs is 1. The van der Waals surface area contributed by atoms with Crippen LogP contribution in [-0.4, -0.2) is 54.7 Å². The number of imidazole rings is 1. The van der Waals surface area contributed by atoms with Gasteiger partial charge in [-0.2, -0.15) is 0 Å². The molecule has 0 spiro atoms. The van der Waals surface area contributed by atoms with E-state index in [4.69, 9.17) is 16.3 Å². The Balaban J connectivity index is 1.80. The van der Waals surface area contributed by atoms with E-state index in [0.29, 0.717) is 36.0 Å². The van der Waals surface area contributed by atoms with E-state index >= 15 is 0 Å². The summed E-state index contributed by atoms with van der Waals surface area (Å²) in [7, 11) is 3.31. The first-order chi connectivity index (χ1) is 14.4. The molecule has 1 aliphatic heterocycles. The number of rotatable bonds is 5. The van der Waals surface area contributed by atoms with Gasteiger partial charge in [-0.05, 0) is 18.9 Å². The second-order valence-corrected chi connectivity index (χ2v) is 7.49. The molecule has 1 unspecified atom stereocenters. The Morgan fingerprint density at radius 2 is 2.20 bits per heavy atom. The third-order valence-corrected chi connectivity index (χ3v) is 5.44. The highest BCUT2D eigenvalue weighted by Gasteiger charge is 2.26. The van der Waals surface area contributed by atoms with Gasteiger partial charge in [0.25, 0.3) is 5.88 Å². The predicted octanol–water partition coefficient (Wildman–Crippen LogP) is 1.98. The van der Waals surface area contributed by atoms with Gasteiger partial charge in [-0.3, -0.25) is 14.0 Å². The second kappa shape index (κ2) is 7.86. The van der Waals surface area contributed by atoms with Crippen LogP contribution in [0.25, 0.3) is 5.65 Å². The second-order valence-electron chi connectivity index (χ2n) is 7.11. The van der Waals surface area contributed by atoms with Crippen LogP contribution in [0.4, 0.5) is 11.4 Å². The lowest BCUT2D eigenvalue weighted by molar-refractivity contribution is -0.127. The molecule has 158 valence electrons. The fourth-order valence-electron chi connectivity index (χ4n) is 3.78. The lowest BCUT2D eigenvalue weighted by Crippen LogP contribution is -2.43. The number of methoxy groups -OCH3 is 1. The molecule has 30 heavy (non-hydrogen) atoms. The van der Waals surface area contributed by atoms with Crippen molar-refractivity contribution < 1.29 is 9.53 Å². The highest BCUT2D eigenvalue weighted by atomic mass is 35.5. The molecule has 0 saturated carbocycles. The van der Waals surface area contributed by atoms with Gasteiger partial charge in [0.05, 0.1) is 31.2 Å². The maximum absolute atomic E-state index is 13.2. The van der Waals surface area contributed by atoms with Crippen molar-refractivity contribution in [2.24, 2.45) is 7.05 Å². The molecule has 3 aromatic rings. The van der Waals surface area contributed by atoms with Crippen LogP contribution in [0.3, 0.4) is 0 Å². The van der Waals surface area contributed by atoms with Crippen LogP contribution in [0.5, 0.6) is 5.88 Å². The highest BCUT2D eigenvalue weighted by molar-refractivity contribution is 6.29. The Morgan fingerprint density at radius 3 is 2.93 bits per heavy atom. The summed E-state index contributed by atoms with van der Waals surface area (Å²) in [6.45, 7) is 4.61. The summed E-state index contributed by atoms with van der Waals surface area (Å²) < 4.78 is 9.88. The normalized spacial score (nSPS) is 16.6. The number of carbonyl (C=O) groups is 1. The number of aryl methyl sites for hydroxylation is 1. The van der Waals surface area contributed by atoms with E-state index in [2.05, 4.69) is 22.0 Å². The molecule has 3 aromatic heterocycles. The summed E-state index contributed by atoms with van der Waals surface area (Å²) >= 11 is 6.27. The molecule has 0 aromatic carbocycles. The van der Waals surface area contributed by atoms with E-state index in [1.54, 1.807) is 33.6 Å². The molecule has 4 heterocycles. The van der Waals surface area contributed by atoms with Crippen LogP contribution in [0, 0.1) is 0 Å². The van der Waals surface area contributed by atoms with E-state index < -0.39 is 0 Å². The summed E-state index contributed by atoms with van der Waals surface area (Å²) in [5.41, 5.74) is 1.27. The molecule has 10 nitrogen and oxygen atoms in total. The SMILES string of the molecule is C=CC(=O)N1CCCC(n2cc(Nc3cn(C)nc3OC)c3ncc(Cl)n3c2=O)C1. The van der Waals surface area contributed by atoms with E-state index in [9.17, 15) is 9.59 Å². The molecule has 0 radical (unpaired) electrons. The molecule has 0 aliphatic carbocycles. The zero-order valence-corrected chi connectivity index (χ0v) is 17.5. The first-order valence-electron chi connectivity index (χ1n) is 9.47. The van der Waals surface area contributed by atoms with Crippen LogP contribution >= 0.6 is 11.6 Å². The van der Waals surface area contributed by atoms with Crippen molar-refractivity contribution >= 4 is 34.5 Å². The third-order valence-electron chi connectivity index (χ3n) is 5.17. The van der Waals surface area contributed by atoms with Gasteiger partial charge in [0.15, 0.2) is 5.65 Å². The number of likely N-dealkylation sites (tertiary alicyclic amines) is 1. The molecular weight excluding hydrogens is 410 g/mol. The molecule has 1 N–H and O–H groups in total. The van der Waals surface area contributed by atoms with Gasteiger partial charge in [0, 0.05) is 26.3 Å². The van der Waals surface area contributed by atoms with E-state index in [1.807, 2.05) is 0 Å². The molecule has 1 fully saturated rings. The maximum atomic E-state index is 13.2. The van der Waals surface area contributed by atoms with E-state index in [0.717, 1.165) is 12.8 Å². The molecule has 11 heteroatoms. The number of anilines is 2. The average Bonchev–Trinajstić information content (AvgIpc) is 3.31. The van der Waals surface area contributed by atoms with Crippen LogP contribution < -0.4 is 15.7 Å². The van der Waals surface area contributed by atoms with Gasteiger partial charge >= 0.3 is 5.69 Å². The number of aromatic nitrogens is 5. The van der Waals surface area contributed by atoms with Crippen LogP contribution in [0.2, 0.25) is 5.15 Å². The van der Waals surface area contributed by atoms with Gasteiger partial charge in [-0.1, -0.05) is 18.2 Å². The molecule has 1 atom stereocenters. The largest absolute Gasteiger partial charge is 0.478 e. The standard InChI is InChI=1S/C19H22ClN7O3/c1-4-16(28)25-7-5-6-12(9-25)26-11-13(17-21-8-15(20)27(17)19(26)29)22-14-10-24(2)23-18(14)30-3/h4,8,10-12,22H,1,5-7,9H2,2-3H3. The molecule has 1 amide bonds. The summed E-state index contributed by atoms with van der Waals surface area (Å²) in [6, 6.07) is -0.200. The zero-order valence-electron chi connectivity index (χ0n) is 16.7. The number of hydrogen-bond donors (Lipinski definition) is 1. The summed E-state index contributed by atoms with van der Waals surface area (Å²) in [6.07, 6.45) is 7.74. The number of piperidine rings is 1. The number of halogens is 1. The third kappa shape index (κ3) is 3.43. The fourth-order valence-corrected chi connectivity index (χ4v) is 3.98. The van der Waals surface area contributed by atoms with Gasteiger partial charge in [0.1, 0.15) is 10.8 Å². The monoisotopic (exact) mass is 431 g/mol. The summed E-state index contributed by atoms with van der Waals surface area (Å²) in [4.78, 5) is 31.3. The molecule has 1 aliphatic rings. The van der Waals surface area contributed by atoms with E-state index in [-0.39, 0.29) is 22.8 Å². The maximum Gasteiger partial charge on any atom is 0.335 e. The topological polar surface area (TPSA) is 98.7 Å². The Morgan fingerprint density at radius 1 is 1.40 bits per heavy atom. The van der Waals surface area contributed by atoms with Crippen LogP contribution in [0.1, 0.15) is 18.9 Å². The molecular formula is C19H22ClN7O3. The number of carbonyl (C=O) groups excluding carboxylic acids is 1. The Hall–Kier alpha value is -3.27. The van der Waals surface area contributed by atoms with Crippen molar-refractivity contribution in [2.45, 2.75) is 18.9 Å². The van der Waals surface area contributed by atoms with Crippen molar-refractivity contribution in [1.82, 2.24) is 28.6 Å². The zero-order chi connectivity index (χ0) is 21.4. The summed E-state index contributed by atoms with van der Waals surface area (Å²) in [5, 5.41) is 7.69. The number of nitrogens with zero attached hydrogens (tertiary/aromatic N) is 6. The first-order valence-corrected chi connectivity index (χ1v) is 9.84. The van der Waals surface area contributed by atoms with Crippen molar-refractivity contribution in [2.75, 3.05) is 25.5 Å². The van der Waals surface area contributed by atoms with Crippen molar-refractivity contribution in [3.63, 3.8) is 0 Å². The van der Waals surface area contributed by atoms with Crippen molar-refractivity contribution in [1.29, 1.82) is 0 Å². The van der Waals surface area contributed by atoms with Gasteiger partial charge in [0.2, 0.25) is 5.91 Å². The minimum Gasteiger partial charge on any atom is -0.478 e. The van der Waals surface area contributed by atoms with Gasteiger partial charge in [-0.15, -0.1) is 5.10 Å². The fraction of sp³-hybridized carbons (Fsp3) is 0.368. The highest BCUT2D eigenvalue weighted by Crippen LogP contribution is 2.29. The number of nitrogens with one attached hydrogen (secondary N) is 1. The minimum absolute atomic E-state index is 0.145. The van der Waals surface area contributed by atoms with Crippen molar-refractivity contribution in [3.8, 4) is 5.88 Å². The van der Waals surface area contributed by atoms with Crippen LogP contribution in [-0.2, 0) is 11.8 Å². The predicted molar refractivity (Wildman–Crippen MR) is 113 cm³/mol. The molecule has 1 saturated heterocycles. The van der Waals surface area contributed by atoms with E-state index in [1.165, 1.54) is 23.8 Å². The Labute approximate surface area is 177 Å². The number of hydrogen-bond acceptors (Lipinski definition) is 6. The minimum atomic E-state index is -0.311. The number of ether oxygens (including phenoxy) is 1. The first kappa shape index (κ1) is 20.0. The van der Waals surface area contributed by atoms with Gasteiger partial charge in [-0.25, -0.2) is 14.2 Å². The Bertz CT molecular complexity index is 1180. The lowest BCUT2D eigenvalue weighted by atomic mass is 10.1. The smallest absolute Gasteiger partial charge is 0.335 e. The molecule has 0 bridgehead atoms. The lowest BCUT2D eigenvalue weighted by Gasteiger charge is -2.33. The summed E-state index contributed by atoms with van der Waals surface area (Å²) in [5.74, 6) is 0.263.